The first-order valence-corrected chi connectivity index (χ1v) is 9.75. The summed E-state index contributed by atoms with van der Waals surface area (Å²) in [7, 11) is 1.48. The van der Waals surface area contributed by atoms with Crippen LogP contribution in [0.15, 0.2) is 39.0 Å². The lowest BCUT2D eigenvalue weighted by atomic mass is 10.2. The Morgan fingerprint density at radius 1 is 1.40 bits per heavy atom. The topological polar surface area (TPSA) is 64.6 Å². The Balaban J connectivity index is 1.91. The molecule has 0 bridgehead atoms. The summed E-state index contributed by atoms with van der Waals surface area (Å²) in [6.07, 6.45) is 1.69. The van der Waals surface area contributed by atoms with E-state index in [0.717, 1.165) is 0 Å². The van der Waals surface area contributed by atoms with Crippen LogP contribution in [-0.2, 0) is 4.79 Å². The molecule has 1 aromatic carbocycles. The van der Waals surface area contributed by atoms with Gasteiger partial charge in [-0.2, -0.15) is 0 Å². The summed E-state index contributed by atoms with van der Waals surface area (Å²) in [6.45, 7) is 0. The second-order valence-electron chi connectivity index (χ2n) is 4.75. The fraction of sp³-hybridized carbons (Fsp3) is 0.0625. The van der Waals surface area contributed by atoms with E-state index in [1.165, 1.54) is 30.2 Å². The number of rotatable bonds is 4. The standard InChI is InChI=1S/C16H10BrNO4S3/c1-21-10-6-8(7-12-14(19)18-16(23)25-12)5-9(17)13(10)22-15(20)11-3-2-4-24-11/h2-7H,1H3,(H,18,19,23). The number of halogens is 1. The quantitative estimate of drug-likeness (QED) is 0.322. The number of esters is 1. The molecule has 5 nitrogen and oxygen atoms in total. The Bertz CT molecular complexity index is 893. The number of nitrogens with one attached hydrogen (secondary N) is 1. The van der Waals surface area contributed by atoms with Crippen LogP contribution in [0.4, 0.5) is 0 Å². The van der Waals surface area contributed by atoms with Gasteiger partial charge in [-0.25, -0.2) is 4.79 Å². The summed E-state index contributed by atoms with van der Waals surface area (Å²) in [4.78, 5) is 24.9. The van der Waals surface area contributed by atoms with E-state index in [0.29, 0.717) is 29.9 Å². The molecule has 9 heteroatoms. The largest absolute Gasteiger partial charge is 0.493 e. The molecule has 1 saturated heterocycles. The Hall–Kier alpha value is -1.68. The van der Waals surface area contributed by atoms with Crippen molar-refractivity contribution >= 4 is 73.5 Å². The number of thioether (sulfide) groups is 1. The zero-order valence-electron chi connectivity index (χ0n) is 12.7. The van der Waals surface area contributed by atoms with Gasteiger partial charge in [0.25, 0.3) is 5.91 Å². The Morgan fingerprint density at radius 3 is 2.80 bits per heavy atom. The zero-order valence-corrected chi connectivity index (χ0v) is 16.7. The summed E-state index contributed by atoms with van der Waals surface area (Å²) in [5, 5.41) is 4.36. The number of carbonyl (C=O) groups is 2. The second kappa shape index (κ2) is 7.69. The van der Waals surface area contributed by atoms with Gasteiger partial charge in [0.15, 0.2) is 11.5 Å². The fourth-order valence-corrected chi connectivity index (χ4v) is 4.22. The molecule has 0 aliphatic carbocycles. The van der Waals surface area contributed by atoms with E-state index < -0.39 is 5.97 Å². The van der Waals surface area contributed by atoms with Gasteiger partial charge < -0.3 is 14.8 Å². The van der Waals surface area contributed by atoms with Gasteiger partial charge >= 0.3 is 5.97 Å². The van der Waals surface area contributed by atoms with Crippen molar-refractivity contribution in [3.8, 4) is 11.5 Å². The number of carbonyl (C=O) groups excluding carboxylic acids is 2. The molecule has 0 atom stereocenters. The smallest absolute Gasteiger partial charge is 0.353 e. The molecule has 0 saturated carbocycles. The first-order chi connectivity index (χ1) is 12.0. The van der Waals surface area contributed by atoms with Crippen LogP contribution in [0.5, 0.6) is 11.5 Å². The van der Waals surface area contributed by atoms with Gasteiger partial charge in [-0.3, -0.25) is 4.79 Å². The van der Waals surface area contributed by atoms with Gasteiger partial charge in [-0.05, 0) is 51.1 Å². The monoisotopic (exact) mass is 455 g/mol. The van der Waals surface area contributed by atoms with E-state index in [1.54, 1.807) is 35.7 Å². The van der Waals surface area contributed by atoms with E-state index in [4.69, 9.17) is 21.7 Å². The number of hydrogen-bond donors (Lipinski definition) is 1. The molecule has 0 spiro atoms. The maximum atomic E-state index is 12.2. The zero-order chi connectivity index (χ0) is 18.0. The highest BCUT2D eigenvalue weighted by Gasteiger charge is 2.23. The Morgan fingerprint density at radius 2 is 2.20 bits per heavy atom. The van der Waals surface area contributed by atoms with Gasteiger partial charge in [0.1, 0.15) is 9.20 Å². The van der Waals surface area contributed by atoms with Crippen molar-refractivity contribution in [2.75, 3.05) is 7.11 Å². The molecule has 0 unspecified atom stereocenters. The summed E-state index contributed by atoms with van der Waals surface area (Å²) >= 11 is 10.8. The molecular weight excluding hydrogens is 446 g/mol. The predicted molar refractivity (Wildman–Crippen MR) is 106 cm³/mol. The van der Waals surface area contributed by atoms with Gasteiger partial charge in [-0.15, -0.1) is 11.3 Å². The summed E-state index contributed by atoms with van der Waals surface area (Å²) in [5.74, 6) is -0.0475. The van der Waals surface area contributed by atoms with Crippen LogP contribution in [0, 0.1) is 0 Å². The molecule has 1 aliphatic rings. The van der Waals surface area contributed by atoms with Crippen LogP contribution in [0.2, 0.25) is 0 Å². The Kier molecular flexibility index (Phi) is 5.57. The van der Waals surface area contributed by atoms with E-state index in [9.17, 15) is 9.59 Å². The molecule has 2 heterocycles. The molecule has 3 rings (SSSR count). The highest BCUT2D eigenvalue weighted by molar-refractivity contribution is 9.10. The number of ether oxygens (including phenoxy) is 2. The van der Waals surface area contributed by atoms with Crippen LogP contribution >= 0.6 is 51.2 Å². The summed E-state index contributed by atoms with van der Waals surface area (Å²) in [5.41, 5.74) is 0.710. The molecule has 1 N–H and O–H groups in total. The minimum Gasteiger partial charge on any atom is -0.493 e. The summed E-state index contributed by atoms with van der Waals surface area (Å²) < 4.78 is 11.7. The van der Waals surface area contributed by atoms with E-state index in [-0.39, 0.29) is 11.7 Å². The third kappa shape index (κ3) is 4.12. The van der Waals surface area contributed by atoms with Crippen molar-refractivity contribution < 1.29 is 19.1 Å². The SMILES string of the molecule is COc1cc(C=C2SC(=S)NC2=O)cc(Br)c1OC(=O)c1cccs1. The first-order valence-electron chi connectivity index (χ1n) is 6.86. The lowest BCUT2D eigenvalue weighted by molar-refractivity contribution is -0.115. The normalized spacial score (nSPS) is 15.4. The van der Waals surface area contributed by atoms with Gasteiger partial charge in [-0.1, -0.05) is 30.0 Å². The van der Waals surface area contributed by atoms with Crippen molar-refractivity contribution in [2.24, 2.45) is 0 Å². The number of amides is 1. The van der Waals surface area contributed by atoms with Crippen molar-refractivity contribution in [3.05, 3.63) is 49.5 Å². The van der Waals surface area contributed by atoms with Crippen LogP contribution in [0.25, 0.3) is 6.08 Å². The predicted octanol–water partition coefficient (Wildman–Crippen LogP) is 4.23. The molecule has 0 radical (unpaired) electrons. The van der Waals surface area contributed by atoms with Gasteiger partial charge in [0.05, 0.1) is 16.5 Å². The third-order valence-corrected chi connectivity index (χ3v) is 5.71. The number of thiophene rings is 1. The summed E-state index contributed by atoms with van der Waals surface area (Å²) in [6, 6.07) is 6.88. The van der Waals surface area contributed by atoms with Crippen molar-refractivity contribution in [2.45, 2.75) is 0 Å². The van der Waals surface area contributed by atoms with Crippen LogP contribution in [-0.4, -0.2) is 23.3 Å². The van der Waals surface area contributed by atoms with Crippen LogP contribution < -0.4 is 14.8 Å². The molecule has 1 aliphatic heterocycles. The number of thiocarbonyl (C=S) groups is 1. The number of benzene rings is 1. The van der Waals surface area contributed by atoms with Crippen molar-refractivity contribution in [1.82, 2.24) is 5.32 Å². The average molecular weight is 456 g/mol. The fourth-order valence-electron chi connectivity index (χ4n) is 2.03. The molecule has 128 valence electrons. The van der Waals surface area contributed by atoms with Crippen LogP contribution in [0.1, 0.15) is 15.2 Å². The van der Waals surface area contributed by atoms with E-state index >= 15 is 0 Å². The first kappa shape index (κ1) is 18.1. The average Bonchev–Trinajstić information content (AvgIpc) is 3.20. The highest BCUT2D eigenvalue weighted by Crippen LogP contribution is 2.38. The maximum Gasteiger partial charge on any atom is 0.353 e. The minimum atomic E-state index is -0.462. The van der Waals surface area contributed by atoms with E-state index in [2.05, 4.69) is 21.2 Å². The Labute approximate surface area is 165 Å². The lowest BCUT2D eigenvalue weighted by Gasteiger charge is -2.12. The molecule has 25 heavy (non-hydrogen) atoms. The molecule has 2 aromatic rings. The third-order valence-electron chi connectivity index (χ3n) is 3.11. The maximum absolute atomic E-state index is 12.2. The minimum absolute atomic E-state index is 0.238. The van der Waals surface area contributed by atoms with Crippen LogP contribution in [0.3, 0.4) is 0 Å². The lowest BCUT2D eigenvalue weighted by Crippen LogP contribution is -2.17. The molecule has 1 fully saturated rings. The van der Waals surface area contributed by atoms with Crippen molar-refractivity contribution in [3.63, 3.8) is 0 Å². The number of methoxy groups -OCH3 is 1. The van der Waals surface area contributed by atoms with Gasteiger partial charge in [0.2, 0.25) is 0 Å². The highest BCUT2D eigenvalue weighted by atomic mass is 79.9. The van der Waals surface area contributed by atoms with E-state index in [1.807, 2.05) is 0 Å². The second-order valence-corrected chi connectivity index (χ2v) is 8.27. The molecule has 1 amide bonds. The van der Waals surface area contributed by atoms with Gasteiger partial charge in [0, 0.05) is 0 Å². The van der Waals surface area contributed by atoms with Crippen molar-refractivity contribution in [1.29, 1.82) is 0 Å². The molecular formula is C16H10BrNO4S3. The number of hydrogen-bond acceptors (Lipinski definition) is 7. The molecule has 1 aromatic heterocycles.